The topological polar surface area (TPSA) is 79.2 Å². The van der Waals surface area contributed by atoms with Crippen molar-refractivity contribution in [3.05, 3.63) is 0 Å². The highest BCUT2D eigenvalue weighted by atomic mass is 28.4. The van der Waals surface area contributed by atoms with Crippen LogP contribution in [-0.4, -0.2) is 56.6 Å². The molecule has 2 unspecified atom stereocenters. The first-order chi connectivity index (χ1) is 6.52. The highest BCUT2D eigenvalue weighted by Gasteiger charge is 2.23. The third kappa shape index (κ3) is 7.42. The van der Waals surface area contributed by atoms with E-state index in [0.29, 0.717) is 19.1 Å². The van der Waals surface area contributed by atoms with Crippen molar-refractivity contribution < 1.29 is 24.2 Å². The van der Waals surface area contributed by atoms with Gasteiger partial charge in [-0.2, -0.15) is 0 Å². The molecule has 0 aromatic carbocycles. The van der Waals surface area contributed by atoms with E-state index >= 15 is 0 Å². The number of rotatable bonds is 8. The van der Waals surface area contributed by atoms with Crippen LogP contribution >= 0.6 is 0 Å². The molecule has 0 bridgehead atoms. The lowest BCUT2D eigenvalue weighted by molar-refractivity contribution is 0.00617. The summed E-state index contributed by atoms with van der Waals surface area (Å²) in [6.07, 6.45) is -0.110. The van der Waals surface area contributed by atoms with Gasteiger partial charge in [-0.15, -0.1) is 0 Å². The normalized spacial score (nSPS) is 17.8. The molecule has 86 valence electrons. The van der Waals surface area contributed by atoms with E-state index in [1.807, 2.05) is 0 Å². The largest absolute Gasteiger partial charge is 0.411 e. The third-order valence-electron chi connectivity index (χ3n) is 1.89. The van der Waals surface area contributed by atoms with E-state index in [2.05, 4.69) is 0 Å². The van der Waals surface area contributed by atoms with Gasteiger partial charge in [0.2, 0.25) is 0 Å². The fourth-order valence-corrected chi connectivity index (χ4v) is 1.88. The summed E-state index contributed by atoms with van der Waals surface area (Å²) < 4.78 is 10.0. The summed E-state index contributed by atoms with van der Waals surface area (Å²) in [5.74, 6) is 0. The Balaban J connectivity index is 3.30. The molecule has 0 amide bonds. The Morgan fingerprint density at radius 1 is 1.43 bits per heavy atom. The summed E-state index contributed by atoms with van der Waals surface area (Å²) in [5, 5.41) is 17.4. The van der Waals surface area contributed by atoms with E-state index in [-0.39, 0.29) is 13.2 Å². The molecule has 0 saturated heterocycles. The Kier molecular flexibility index (Phi) is 7.34. The smallest absolute Gasteiger partial charge is 0.332 e. The Hall–Kier alpha value is 0.0169. The van der Waals surface area contributed by atoms with Crippen LogP contribution in [0.2, 0.25) is 12.6 Å². The van der Waals surface area contributed by atoms with Crippen LogP contribution in [0, 0.1) is 0 Å². The van der Waals surface area contributed by atoms with Gasteiger partial charge >= 0.3 is 8.56 Å². The van der Waals surface area contributed by atoms with Crippen molar-refractivity contribution in [2.45, 2.75) is 25.1 Å². The van der Waals surface area contributed by atoms with Crippen LogP contribution in [-0.2, 0) is 9.16 Å². The minimum absolute atomic E-state index is 0.132. The maximum absolute atomic E-state index is 9.55. The summed E-state index contributed by atoms with van der Waals surface area (Å²) in [5.41, 5.74) is 0. The summed E-state index contributed by atoms with van der Waals surface area (Å²) >= 11 is 0. The minimum atomic E-state index is -2.45. The van der Waals surface area contributed by atoms with Gasteiger partial charge in [-0.1, -0.05) is 0 Å². The predicted molar refractivity (Wildman–Crippen MR) is 54.2 cm³/mol. The van der Waals surface area contributed by atoms with Crippen molar-refractivity contribution in [3.8, 4) is 0 Å². The van der Waals surface area contributed by atoms with Crippen molar-refractivity contribution in [2.24, 2.45) is 0 Å². The maximum atomic E-state index is 9.55. The van der Waals surface area contributed by atoms with E-state index < -0.39 is 14.7 Å². The number of aliphatic hydroxyl groups is 2. The average Bonchev–Trinajstić information content (AvgIpc) is 2.17. The second-order valence-corrected chi connectivity index (χ2v) is 6.65. The Labute approximate surface area is 85.5 Å². The summed E-state index contributed by atoms with van der Waals surface area (Å²) in [7, 11) is -0.952. The minimum Gasteiger partial charge on any atom is -0.411 e. The molecule has 0 rings (SSSR count). The van der Waals surface area contributed by atoms with Crippen LogP contribution in [0.15, 0.2) is 0 Å². The first-order valence-corrected chi connectivity index (χ1v) is 7.22. The Morgan fingerprint density at radius 2 is 2.07 bits per heavy atom. The molecule has 2 atom stereocenters. The van der Waals surface area contributed by atoms with Crippen molar-refractivity contribution in [2.75, 3.05) is 26.9 Å². The van der Waals surface area contributed by atoms with Gasteiger partial charge in [0.1, 0.15) is 6.10 Å². The van der Waals surface area contributed by atoms with E-state index in [4.69, 9.17) is 19.4 Å². The van der Waals surface area contributed by atoms with Gasteiger partial charge < -0.3 is 24.2 Å². The molecule has 0 aliphatic heterocycles. The molecule has 0 heterocycles. The number of hydrogen-bond donors (Lipinski definition) is 3. The van der Waals surface area contributed by atoms with E-state index in [1.165, 1.54) is 7.11 Å². The van der Waals surface area contributed by atoms with Crippen LogP contribution in [0.1, 0.15) is 6.42 Å². The summed E-state index contributed by atoms with van der Waals surface area (Å²) in [6, 6.07) is 0.610. The maximum Gasteiger partial charge on any atom is 0.332 e. The fourth-order valence-electron chi connectivity index (χ4n) is 0.876. The van der Waals surface area contributed by atoms with Crippen LogP contribution in [0.25, 0.3) is 0 Å². The first kappa shape index (κ1) is 14.0. The Morgan fingerprint density at radius 3 is 2.57 bits per heavy atom. The summed E-state index contributed by atoms with van der Waals surface area (Å²) in [6.45, 7) is 2.02. The van der Waals surface area contributed by atoms with Gasteiger partial charge in [0.05, 0.1) is 13.2 Å². The van der Waals surface area contributed by atoms with Crippen molar-refractivity contribution in [1.82, 2.24) is 0 Å². The third-order valence-corrected chi connectivity index (χ3v) is 4.05. The Bertz CT molecular complexity index is 142. The predicted octanol–water partition coefficient (Wildman–Crippen LogP) is -0.543. The van der Waals surface area contributed by atoms with Gasteiger partial charge in [0.15, 0.2) is 0 Å². The molecule has 0 aliphatic carbocycles. The molecular weight excluding hydrogens is 204 g/mol. The zero-order valence-electron chi connectivity index (χ0n) is 8.77. The lowest BCUT2D eigenvalue weighted by atomic mass is 10.4. The van der Waals surface area contributed by atoms with Crippen LogP contribution in [0.4, 0.5) is 0 Å². The standard InChI is InChI=1S/C8H20O5Si/c1-12-14(2,11)5-3-4-13-7-8(10)6-9/h8-11H,3-7H2,1-2H3. The van der Waals surface area contributed by atoms with E-state index in [0.717, 1.165) is 0 Å². The first-order valence-electron chi connectivity index (χ1n) is 4.66. The van der Waals surface area contributed by atoms with E-state index in [9.17, 15) is 4.80 Å². The highest BCUT2D eigenvalue weighted by molar-refractivity contribution is 6.64. The van der Waals surface area contributed by atoms with Crippen LogP contribution < -0.4 is 0 Å². The number of hydrogen-bond acceptors (Lipinski definition) is 5. The molecule has 0 aromatic heterocycles. The lowest BCUT2D eigenvalue weighted by Crippen LogP contribution is -2.33. The van der Waals surface area contributed by atoms with Gasteiger partial charge in [-0.05, 0) is 19.0 Å². The zero-order valence-corrected chi connectivity index (χ0v) is 9.77. The molecule has 0 aliphatic rings. The molecule has 3 N–H and O–H groups in total. The zero-order chi connectivity index (χ0) is 11.0. The molecule has 14 heavy (non-hydrogen) atoms. The average molecular weight is 224 g/mol. The fraction of sp³-hybridized carbons (Fsp3) is 1.00. The monoisotopic (exact) mass is 224 g/mol. The molecule has 0 radical (unpaired) electrons. The van der Waals surface area contributed by atoms with Gasteiger partial charge in [-0.3, -0.25) is 0 Å². The van der Waals surface area contributed by atoms with Crippen molar-refractivity contribution in [1.29, 1.82) is 0 Å². The molecule has 0 spiro atoms. The molecule has 5 nitrogen and oxygen atoms in total. The SMILES string of the molecule is CO[Si](C)(O)CCCOCC(O)CO. The number of aliphatic hydroxyl groups excluding tert-OH is 2. The molecule has 0 saturated carbocycles. The molecule has 0 aromatic rings. The summed E-state index contributed by atoms with van der Waals surface area (Å²) in [4.78, 5) is 9.55. The van der Waals surface area contributed by atoms with Crippen molar-refractivity contribution in [3.63, 3.8) is 0 Å². The van der Waals surface area contributed by atoms with Gasteiger partial charge in [-0.25, -0.2) is 0 Å². The second kappa shape index (κ2) is 7.33. The van der Waals surface area contributed by atoms with Crippen molar-refractivity contribution >= 4 is 8.56 Å². The molecule has 0 fully saturated rings. The lowest BCUT2D eigenvalue weighted by Gasteiger charge is -2.17. The molecule has 6 heteroatoms. The van der Waals surface area contributed by atoms with Crippen LogP contribution in [0.5, 0.6) is 0 Å². The second-order valence-electron chi connectivity index (χ2n) is 3.39. The quantitative estimate of drug-likeness (QED) is 0.381. The van der Waals surface area contributed by atoms with Crippen LogP contribution in [0.3, 0.4) is 0 Å². The van der Waals surface area contributed by atoms with E-state index in [1.54, 1.807) is 6.55 Å². The van der Waals surface area contributed by atoms with Gasteiger partial charge in [0.25, 0.3) is 0 Å². The van der Waals surface area contributed by atoms with Gasteiger partial charge in [0, 0.05) is 13.7 Å². The number of ether oxygens (including phenoxy) is 1. The molecular formula is C8H20O5Si. The highest BCUT2D eigenvalue weighted by Crippen LogP contribution is 2.08.